The fraction of sp³-hybridized carbons (Fsp3) is 0.111. The topological polar surface area (TPSA) is 69.1 Å². The average molecular weight is 292 g/mol. The normalized spacial score (nSPS) is 12.0. The van der Waals surface area contributed by atoms with Gasteiger partial charge in [0.05, 0.1) is 5.69 Å². The zero-order valence-electron chi connectivity index (χ0n) is 12.2. The van der Waals surface area contributed by atoms with Crippen LogP contribution in [0.4, 0.5) is 5.88 Å². The van der Waals surface area contributed by atoms with Crippen LogP contribution < -0.4 is 5.73 Å². The van der Waals surface area contributed by atoms with E-state index in [1.165, 1.54) is 0 Å². The van der Waals surface area contributed by atoms with Gasteiger partial charge in [0.2, 0.25) is 5.88 Å². The molecule has 0 radical (unpaired) electrons. The Morgan fingerprint density at radius 1 is 1.05 bits per heavy atom. The maximum Gasteiger partial charge on any atom is 0.222 e. The third-order valence-electron chi connectivity index (χ3n) is 3.68. The Balaban J connectivity index is 1.91. The highest BCUT2D eigenvalue weighted by Crippen LogP contribution is 2.25. The summed E-state index contributed by atoms with van der Waals surface area (Å²) in [6, 6.07) is 18.5. The highest BCUT2D eigenvalue weighted by atomic mass is 16.5. The summed E-state index contributed by atoms with van der Waals surface area (Å²) >= 11 is 0. The summed E-state index contributed by atoms with van der Waals surface area (Å²) < 4.78 is 4.91. The van der Waals surface area contributed by atoms with Gasteiger partial charge in [0.25, 0.3) is 0 Å². The Bertz CT molecular complexity index is 794. The number of nitrogens with two attached hydrogens (primary N) is 1. The monoisotopic (exact) mass is 292 g/mol. The van der Waals surface area contributed by atoms with Gasteiger partial charge >= 0.3 is 0 Å². The molecule has 1 atom stereocenters. The highest BCUT2D eigenvalue weighted by molar-refractivity contribution is 6.09. The van der Waals surface area contributed by atoms with Crippen LogP contribution in [0.15, 0.2) is 65.2 Å². The average Bonchev–Trinajstić information content (AvgIpc) is 3.01. The summed E-state index contributed by atoms with van der Waals surface area (Å²) in [7, 11) is 0. The van der Waals surface area contributed by atoms with E-state index in [2.05, 4.69) is 5.16 Å². The van der Waals surface area contributed by atoms with Crippen LogP contribution in [0.1, 0.15) is 40.0 Å². The molecule has 4 heteroatoms. The van der Waals surface area contributed by atoms with E-state index in [9.17, 15) is 4.79 Å². The lowest BCUT2D eigenvalue weighted by Crippen LogP contribution is -2.03. The lowest BCUT2D eigenvalue weighted by atomic mass is 9.94. The molecule has 0 fully saturated rings. The van der Waals surface area contributed by atoms with Crippen molar-refractivity contribution in [2.45, 2.75) is 12.8 Å². The largest absolute Gasteiger partial charge is 0.368 e. The second-order valence-corrected chi connectivity index (χ2v) is 5.20. The molecule has 0 aliphatic heterocycles. The summed E-state index contributed by atoms with van der Waals surface area (Å²) in [4.78, 5) is 12.5. The lowest BCUT2D eigenvalue weighted by Gasteiger charge is -2.10. The molecule has 0 aliphatic rings. The van der Waals surface area contributed by atoms with Gasteiger partial charge in [-0.05, 0) is 11.6 Å². The van der Waals surface area contributed by atoms with Gasteiger partial charge in [-0.25, -0.2) is 0 Å². The smallest absolute Gasteiger partial charge is 0.222 e. The predicted octanol–water partition coefficient (Wildman–Crippen LogP) is 3.64. The molecule has 0 spiro atoms. The molecule has 4 nitrogen and oxygen atoms in total. The SMILES string of the molecule is CC(c1cccc(C(=O)c2ccccc2)c1)c1cc(N)on1. The molecule has 0 aliphatic carbocycles. The van der Waals surface area contributed by atoms with Crippen LogP contribution in [-0.4, -0.2) is 10.9 Å². The molecule has 0 saturated carbocycles. The molecule has 3 aromatic rings. The van der Waals surface area contributed by atoms with Crippen LogP contribution in [0.5, 0.6) is 0 Å². The number of benzene rings is 2. The number of aromatic nitrogens is 1. The number of hydrogen-bond donors (Lipinski definition) is 1. The number of anilines is 1. The first-order chi connectivity index (χ1) is 10.6. The number of nitrogens with zero attached hydrogens (tertiary/aromatic N) is 1. The van der Waals surface area contributed by atoms with E-state index in [0.29, 0.717) is 17.0 Å². The van der Waals surface area contributed by atoms with E-state index in [1.807, 2.05) is 61.5 Å². The van der Waals surface area contributed by atoms with Crippen LogP contribution in [0.2, 0.25) is 0 Å². The minimum absolute atomic E-state index is 0.00423. The number of carbonyl (C=O) groups excluding carboxylic acids is 1. The molecule has 1 aromatic heterocycles. The lowest BCUT2D eigenvalue weighted by molar-refractivity contribution is 0.103. The molecule has 0 bridgehead atoms. The Morgan fingerprint density at radius 3 is 2.45 bits per heavy atom. The summed E-state index contributed by atoms with van der Waals surface area (Å²) in [6.07, 6.45) is 0. The quantitative estimate of drug-likeness (QED) is 0.745. The van der Waals surface area contributed by atoms with Crippen molar-refractivity contribution in [3.8, 4) is 0 Å². The van der Waals surface area contributed by atoms with Crippen LogP contribution in [0.3, 0.4) is 0 Å². The van der Waals surface area contributed by atoms with Crippen LogP contribution in [0.25, 0.3) is 0 Å². The Hall–Kier alpha value is -2.88. The Labute approximate surface area is 128 Å². The van der Waals surface area contributed by atoms with Gasteiger partial charge in [-0.3, -0.25) is 4.79 Å². The number of ketones is 1. The molecule has 2 aromatic carbocycles. The van der Waals surface area contributed by atoms with Crippen molar-refractivity contribution in [3.05, 3.63) is 83.0 Å². The number of carbonyl (C=O) groups is 1. The van der Waals surface area contributed by atoms with E-state index in [0.717, 1.165) is 11.3 Å². The molecule has 3 rings (SSSR count). The van der Waals surface area contributed by atoms with Gasteiger partial charge in [0, 0.05) is 23.1 Å². The fourth-order valence-corrected chi connectivity index (χ4v) is 2.38. The summed E-state index contributed by atoms with van der Waals surface area (Å²) in [5.41, 5.74) is 8.65. The first-order valence-corrected chi connectivity index (χ1v) is 7.07. The Morgan fingerprint density at radius 2 is 1.77 bits per heavy atom. The molecule has 1 unspecified atom stereocenters. The molecular formula is C18H16N2O2. The van der Waals surface area contributed by atoms with E-state index < -0.39 is 0 Å². The van der Waals surface area contributed by atoms with Gasteiger partial charge in [-0.1, -0.05) is 60.6 Å². The van der Waals surface area contributed by atoms with Gasteiger partial charge < -0.3 is 10.3 Å². The second kappa shape index (κ2) is 5.85. The maximum atomic E-state index is 12.5. The number of rotatable bonds is 4. The fourth-order valence-electron chi connectivity index (χ4n) is 2.38. The molecule has 110 valence electrons. The van der Waals surface area contributed by atoms with Crippen LogP contribution >= 0.6 is 0 Å². The summed E-state index contributed by atoms with van der Waals surface area (Å²) in [6.45, 7) is 2.00. The van der Waals surface area contributed by atoms with Crippen molar-refractivity contribution < 1.29 is 9.32 Å². The maximum absolute atomic E-state index is 12.5. The Kier molecular flexibility index (Phi) is 3.74. The minimum Gasteiger partial charge on any atom is -0.368 e. The van der Waals surface area contributed by atoms with E-state index in [4.69, 9.17) is 10.3 Å². The molecule has 1 heterocycles. The minimum atomic E-state index is 0.00423. The van der Waals surface area contributed by atoms with Crippen molar-refractivity contribution in [3.63, 3.8) is 0 Å². The van der Waals surface area contributed by atoms with Gasteiger partial charge in [0.15, 0.2) is 5.78 Å². The number of nitrogen functional groups attached to an aromatic ring is 1. The zero-order valence-corrected chi connectivity index (χ0v) is 12.2. The van der Waals surface area contributed by atoms with Crippen molar-refractivity contribution >= 4 is 11.7 Å². The van der Waals surface area contributed by atoms with E-state index >= 15 is 0 Å². The molecule has 2 N–H and O–H groups in total. The molecule has 0 saturated heterocycles. The molecule has 0 amide bonds. The van der Waals surface area contributed by atoms with E-state index in [1.54, 1.807) is 6.07 Å². The zero-order chi connectivity index (χ0) is 15.5. The van der Waals surface area contributed by atoms with Crippen molar-refractivity contribution in [2.75, 3.05) is 5.73 Å². The van der Waals surface area contributed by atoms with Crippen molar-refractivity contribution in [1.29, 1.82) is 0 Å². The van der Waals surface area contributed by atoms with Crippen molar-refractivity contribution in [2.24, 2.45) is 0 Å². The van der Waals surface area contributed by atoms with Crippen molar-refractivity contribution in [1.82, 2.24) is 5.16 Å². The predicted molar refractivity (Wildman–Crippen MR) is 84.7 cm³/mol. The third-order valence-corrected chi connectivity index (χ3v) is 3.68. The van der Waals surface area contributed by atoms with Gasteiger partial charge in [-0.15, -0.1) is 0 Å². The summed E-state index contributed by atoms with van der Waals surface area (Å²) in [5, 5.41) is 3.94. The first-order valence-electron chi connectivity index (χ1n) is 7.07. The highest BCUT2D eigenvalue weighted by Gasteiger charge is 2.15. The van der Waals surface area contributed by atoms with Crippen LogP contribution in [-0.2, 0) is 0 Å². The number of hydrogen-bond acceptors (Lipinski definition) is 4. The van der Waals surface area contributed by atoms with E-state index in [-0.39, 0.29) is 11.7 Å². The standard InChI is InChI=1S/C18H16N2O2/c1-12(16-11-17(19)22-20-16)14-8-5-9-15(10-14)18(21)13-6-3-2-4-7-13/h2-12H,19H2,1H3. The molecule has 22 heavy (non-hydrogen) atoms. The second-order valence-electron chi connectivity index (χ2n) is 5.20. The van der Waals surface area contributed by atoms with Gasteiger partial charge in [0.1, 0.15) is 0 Å². The molecular weight excluding hydrogens is 276 g/mol. The van der Waals surface area contributed by atoms with Crippen LogP contribution in [0, 0.1) is 0 Å². The first kappa shape index (κ1) is 14.1. The third kappa shape index (κ3) is 2.76. The summed E-state index contributed by atoms with van der Waals surface area (Å²) in [5.74, 6) is 0.303. The van der Waals surface area contributed by atoms with Gasteiger partial charge in [-0.2, -0.15) is 0 Å².